The first-order valence-electron chi connectivity index (χ1n) is 10.1. The lowest BCUT2D eigenvalue weighted by Gasteiger charge is -2.19. The van der Waals surface area contributed by atoms with Crippen molar-refractivity contribution in [3.05, 3.63) is 94.5 Å². The molecule has 1 unspecified atom stereocenters. The van der Waals surface area contributed by atoms with E-state index in [1.807, 2.05) is 54.6 Å². The van der Waals surface area contributed by atoms with Crippen molar-refractivity contribution in [1.82, 2.24) is 5.32 Å². The molecule has 162 valence electrons. The normalized spacial score (nSPS) is 12.7. The highest BCUT2D eigenvalue weighted by atomic mass is 35.5. The summed E-state index contributed by atoms with van der Waals surface area (Å²) in [5, 5.41) is 3.00. The Labute approximate surface area is 191 Å². The van der Waals surface area contributed by atoms with Crippen molar-refractivity contribution in [2.45, 2.75) is 29.4 Å². The first-order chi connectivity index (χ1) is 15.0. The summed E-state index contributed by atoms with van der Waals surface area (Å²) >= 11 is 6.25. The minimum absolute atomic E-state index is 0.222. The van der Waals surface area contributed by atoms with E-state index < -0.39 is 10.8 Å². The van der Waals surface area contributed by atoms with Crippen LogP contribution in [0.5, 0.6) is 5.75 Å². The molecule has 0 fully saturated rings. The van der Waals surface area contributed by atoms with Crippen molar-refractivity contribution in [2.24, 2.45) is 0 Å². The molecule has 3 aromatic carbocycles. The molecule has 3 aromatic rings. The van der Waals surface area contributed by atoms with Gasteiger partial charge in [0.2, 0.25) is 0 Å². The van der Waals surface area contributed by atoms with Gasteiger partial charge < -0.3 is 10.1 Å². The van der Waals surface area contributed by atoms with Crippen LogP contribution in [0, 0.1) is 0 Å². The van der Waals surface area contributed by atoms with Gasteiger partial charge in [0.1, 0.15) is 5.75 Å². The lowest BCUT2D eigenvalue weighted by molar-refractivity contribution is 0.0960. The Hall–Kier alpha value is -2.63. The highest BCUT2D eigenvalue weighted by Gasteiger charge is 2.24. The van der Waals surface area contributed by atoms with Crippen molar-refractivity contribution in [1.29, 1.82) is 0 Å². The molecule has 0 saturated heterocycles. The van der Waals surface area contributed by atoms with Crippen molar-refractivity contribution < 1.29 is 13.7 Å². The summed E-state index contributed by atoms with van der Waals surface area (Å²) < 4.78 is 18.9. The highest BCUT2D eigenvalue weighted by Crippen LogP contribution is 2.32. The number of benzene rings is 3. The maximum Gasteiger partial charge on any atom is 0.252 e. The van der Waals surface area contributed by atoms with Crippen molar-refractivity contribution in [3.63, 3.8) is 0 Å². The second kappa shape index (κ2) is 11.1. The molecule has 0 heterocycles. The fourth-order valence-corrected chi connectivity index (χ4v) is 5.50. The Morgan fingerprint density at radius 1 is 1.06 bits per heavy atom. The standard InChI is InChI=1S/C25H26ClNO3S/c1-27-25(28)20-12-6-7-13-24(20)31(29)23(19-10-4-3-5-11-19)14-8-9-18-15-16-22(30-2)21(26)17-18/h3-7,10-13,15-17,23H,8-9,14H2,1-2H3,(H,27,28)/t23-,31?/m1/s1. The van der Waals surface area contributed by atoms with E-state index in [2.05, 4.69) is 5.32 Å². The van der Waals surface area contributed by atoms with Gasteiger partial charge in [-0.2, -0.15) is 0 Å². The number of aryl methyl sites for hydroxylation is 1. The Bertz CT molecular complexity index is 1060. The van der Waals surface area contributed by atoms with Gasteiger partial charge in [-0.25, -0.2) is 0 Å². The highest BCUT2D eigenvalue weighted by molar-refractivity contribution is 7.85. The number of hydrogen-bond donors (Lipinski definition) is 1. The van der Waals surface area contributed by atoms with Crippen LogP contribution in [0.3, 0.4) is 0 Å². The predicted octanol–water partition coefficient (Wildman–Crippen LogP) is 5.58. The van der Waals surface area contributed by atoms with E-state index in [-0.39, 0.29) is 11.2 Å². The van der Waals surface area contributed by atoms with Gasteiger partial charge in [-0.3, -0.25) is 9.00 Å². The van der Waals surface area contributed by atoms with E-state index in [4.69, 9.17) is 16.3 Å². The summed E-state index contributed by atoms with van der Waals surface area (Å²) in [6.45, 7) is 0. The molecular weight excluding hydrogens is 430 g/mol. The van der Waals surface area contributed by atoms with E-state index in [1.165, 1.54) is 0 Å². The third kappa shape index (κ3) is 5.75. The van der Waals surface area contributed by atoms with E-state index in [9.17, 15) is 9.00 Å². The Balaban J connectivity index is 1.82. The molecule has 0 bridgehead atoms. The molecule has 4 nitrogen and oxygen atoms in total. The quantitative estimate of drug-likeness (QED) is 0.458. The number of halogens is 1. The van der Waals surface area contributed by atoms with Crippen LogP contribution in [-0.4, -0.2) is 24.3 Å². The van der Waals surface area contributed by atoms with Crippen molar-refractivity contribution >= 4 is 28.3 Å². The van der Waals surface area contributed by atoms with E-state index in [0.717, 1.165) is 24.0 Å². The third-order valence-electron chi connectivity index (χ3n) is 5.15. The molecular formula is C25H26ClNO3S. The first kappa shape index (κ1) is 23.0. The maximum atomic E-state index is 13.7. The molecule has 6 heteroatoms. The Kier molecular flexibility index (Phi) is 8.27. The molecule has 0 aromatic heterocycles. The summed E-state index contributed by atoms with van der Waals surface area (Å²) in [6.07, 6.45) is 2.35. The van der Waals surface area contributed by atoms with E-state index in [1.54, 1.807) is 32.4 Å². The average Bonchev–Trinajstić information content (AvgIpc) is 2.81. The molecule has 0 spiro atoms. The zero-order chi connectivity index (χ0) is 22.2. The molecule has 2 atom stereocenters. The molecule has 31 heavy (non-hydrogen) atoms. The smallest absolute Gasteiger partial charge is 0.252 e. The Morgan fingerprint density at radius 2 is 1.77 bits per heavy atom. The largest absolute Gasteiger partial charge is 0.495 e. The molecule has 0 radical (unpaired) electrons. The monoisotopic (exact) mass is 455 g/mol. The van der Waals surface area contributed by atoms with Gasteiger partial charge in [-0.1, -0.05) is 60.1 Å². The number of rotatable bonds is 9. The first-order valence-corrected chi connectivity index (χ1v) is 11.7. The van der Waals surface area contributed by atoms with Crippen LogP contribution < -0.4 is 10.1 Å². The minimum atomic E-state index is -1.38. The SMILES string of the molecule is CNC(=O)c1ccccc1S(=O)[C@H](CCCc1ccc(OC)c(Cl)c1)c1ccccc1. The predicted molar refractivity (Wildman–Crippen MR) is 126 cm³/mol. The summed E-state index contributed by atoms with van der Waals surface area (Å²) in [6, 6.07) is 22.7. The second-order valence-electron chi connectivity index (χ2n) is 7.13. The van der Waals surface area contributed by atoms with Gasteiger partial charge in [0, 0.05) is 7.05 Å². The molecule has 0 aliphatic carbocycles. The van der Waals surface area contributed by atoms with Crippen molar-refractivity contribution in [2.75, 3.05) is 14.2 Å². The number of carbonyl (C=O) groups is 1. The van der Waals surface area contributed by atoms with Crippen LogP contribution in [0.25, 0.3) is 0 Å². The average molecular weight is 456 g/mol. The van der Waals surface area contributed by atoms with Crippen LogP contribution in [0.4, 0.5) is 0 Å². The lowest BCUT2D eigenvalue weighted by Crippen LogP contribution is -2.21. The van der Waals surface area contributed by atoms with Crippen LogP contribution in [0.15, 0.2) is 77.7 Å². The summed E-state index contributed by atoms with van der Waals surface area (Å²) in [4.78, 5) is 12.9. The fourth-order valence-electron chi connectivity index (χ4n) is 3.54. The number of nitrogens with one attached hydrogen (secondary N) is 1. The number of carbonyl (C=O) groups excluding carboxylic acids is 1. The van der Waals surface area contributed by atoms with Gasteiger partial charge in [0.15, 0.2) is 0 Å². The minimum Gasteiger partial charge on any atom is -0.495 e. The second-order valence-corrected chi connectivity index (χ2v) is 9.14. The van der Waals surface area contributed by atoms with Gasteiger partial charge in [-0.15, -0.1) is 0 Å². The molecule has 0 saturated carbocycles. The molecule has 3 rings (SSSR count). The third-order valence-corrected chi connectivity index (χ3v) is 7.26. The number of ether oxygens (including phenoxy) is 1. The van der Waals surface area contributed by atoms with Gasteiger partial charge in [0.05, 0.1) is 38.6 Å². The number of hydrogen-bond acceptors (Lipinski definition) is 3. The van der Waals surface area contributed by atoms with Crippen LogP contribution >= 0.6 is 11.6 Å². The van der Waals surface area contributed by atoms with E-state index >= 15 is 0 Å². The van der Waals surface area contributed by atoms with Crippen LogP contribution in [0.1, 0.15) is 39.6 Å². The van der Waals surface area contributed by atoms with Gasteiger partial charge >= 0.3 is 0 Å². The summed E-state index contributed by atoms with van der Waals surface area (Å²) in [7, 11) is 1.79. The van der Waals surface area contributed by atoms with Crippen molar-refractivity contribution in [3.8, 4) is 5.75 Å². The summed E-state index contributed by atoms with van der Waals surface area (Å²) in [5.41, 5.74) is 2.56. The zero-order valence-electron chi connectivity index (χ0n) is 17.6. The van der Waals surface area contributed by atoms with Crippen LogP contribution in [0.2, 0.25) is 5.02 Å². The molecule has 0 aliphatic heterocycles. The maximum absolute atomic E-state index is 13.7. The van der Waals surface area contributed by atoms with E-state index in [0.29, 0.717) is 27.7 Å². The zero-order valence-corrected chi connectivity index (χ0v) is 19.2. The van der Waals surface area contributed by atoms with Crippen LogP contribution in [-0.2, 0) is 17.2 Å². The fraction of sp³-hybridized carbons (Fsp3) is 0.240. The lowest BCUT2D eigenvalue weighted by atomic mass is 10.0. The van der Waals surface area contributed by atoms with Gasteiger partial charge in [-0.05, 0) is 54.7 Å². The number of amides is 1. The van der Waals surface area contributed by atoms with Gasteiger partial charge in [0.25, 0.3) is 5.91 Å². The molecule has 1 N–H and O–H groups in total. The topological polar surface area (TPSA) is 55.4 Å². The number of methoxy groups -OCH3 is 1. The summed E-state index contributed by atoms with van der Waals surface area (Å²) in [5.74, 6) is 0.420. The molecule has 1 amide bonds. The Morgan fingerprint density at radius 3 is 2.45 bits per heavy atom. The molecule has 0 aliphatic rings.